The summed E-state index contributed by atoms with van der Waals surface area (Å²) in [5.41, 5.74) is 0. The fourth-order valence-corrected chi connectivity index (χ4v) is 6.67. The largest absolute Gasteiger partial charge is 0.462 e. The van der Waals surface area contributed by atoms with Crippen LogP contribution in [0.5, 0.6) is 0 Å². The lowest BCUT2D eigenvalue weighted by atomic mass is 10.0. The highest BCUT2D eigenvalue weighted by atomic mass is 16.6. The monoisotopic (exact) mass is 707 g/mol. The molecule has 50 heavy (non-hydrogen) atoms. The lowest BCUT2D eigenvalue weighted by Crippen LogP contribution is -2.28. The summed E-state index contributed by atoms with van der Waals surface area (Å²) in [7, 11) is 0. The van der Waals surface area contributed by atoms with E-state index in [2.05, 4.69) is 26.0 Å². The van der Waals surface area contributed by atoms with Crippen molar-refractivity contribution in [1.29, 1.82) is 0 Å². The molecule has 5 heteroatoms. The molecule has 0 heterocycles. The van der Waals surface area contributed by atoms with Crippen LogP contribution < -0.4 is 0 Å². The van der Waals surface area contributed by atoms with Gasteiger partial charge < -0.3 is 14.6 Å². The fourth-order valence-electron chi connectivity index (χ4n) is 6.67. The summed E-state index contributed by atoms with van der Waals surface area (Å²) in [6, 6.07) is 0. The normalized spacial score (nSPS) is 12.1. The van der Waals surface area contributed by atoms with E-state index in [-0.39, 0.29) is 25.2 Å². The molecule has 0 rings (SSSR count). The topological polar surface area (TPSA) is 72.8 Å². The van der Waals surface area contributed by atoms with Crippen LogP contribution in [0.3, 0.4) is 0 Å². The maximum absolute atomic E-state index is 12.1. The second-order valence-corrected chi connectivity index (χ2v) is 15.1. The summed E-state index contributed by atoms with van der Waals surface area (Å²) >= 11 is 0. The minimum Gasteiger partial charge on any atom is -0.462 e. The maximum atomic E-state index is 12.1. The minimum absolute atomic E-state index is 0.0613. The molecule has 296 valence electrons. The summed E-state index contributed by atoms with van der Waals surface area (Å²) in [5.74, 6) is -0.594. The van der Waals surface area contributed by atoms with Gasteiger partial charge in [-0.25, -0.2) is 0 Å². The molecule has 0 saturated heterocycles. The molecule has 1 N–H and O–H groups in total. The molecule has 0 radical (unpaired) electrons. The Morgan fingerprint density at radius 2 is 0.740 bits per heavy atom. The third-order valence-electron chi connectivity index (χ3n) is 10.1. The fraction of sp³-hybridized carbons (Fsp3) is 0.911. The average molecular weight is 707 g/mol. The van der Waals surface area contributed by atoms with Crippen molar-refractivity contribution >= 4 is 11.9 Å². The van der Waals surface area contributed by atoms with Gasteiger partial charge >= 0.3 is 11.9 Å². The van der Waals surface area contributed by atoms with Crippen LogP contribution in [0.4, 0.5) is 0 Å². The summed E-state index contributed by atoms with van der Waals surface area (Å²) in [6.45, 7) is 4.07. The number of rotatable bonds is 41. The lowest BCUT2D eigenvalue weighted by Gasteiger charge is -2.15. The van der Waals surface area contributed by atoms with Crippen molar-refractivity contribution in [2.45, 2.75) is 251 Å². The Kier molecular flexibility index (Phi) is 40.9. The third kappa shape index (κ3) is 39.4. The van der Waals surface area contributed by atoms with E-state index in [1.165, 1.54) is 180 Å². The van der Waals surface area contributed by atoms with Gasteiger partial charge in [-0.1, -0.05) is 206 Å². The number of carbonyl (C=O) groups is 2. The molecule has 0 aliphatic rings. The Hall–Kier alpha value is -1.36. The first-order chi connectivity index (χ1) is 24.6. The van der Waals surface area contributed by atoms with Crippen LogP contribution in [0, 0.1) is 0 Å². The first-order valence-electron chi connectivity index (χ1n) is 22.2. The van der Waals surface area contributed by atoms with Gasteiger partial charge in [-0.15, -0.1) is 0 Å². The second kappa shape index (κ2) is 42.1. The van der Waals surface area contributed by atoms with Crippen LogP contribution in [-0.2, 0) is 19.1 Å². The highest BCUT2D eigenvalue weighted by molar-refractivity contribution is 5.70. The van der Waals surface area contributed by atoms with Crippen LogP contribution in [0.2, 0.25) is 0 Å². The Morgan fingerprint density at radius 3 is 1.08 bits per heavy atom. The highest BCUT2D eigenvalue weighted by Gasteiger charge is 2.16. The van der Waals surface area contributed by atoms with E-state index in [9.17, 15) is 14.7 Å². The number of esters is 2. The molecule has 0 aliphatic heterocycles. The van der Waals surface area contributed by atoms with Crippen LogP contribution in [0.1, 0.15) is 245 Å². The molecule has 5 nitrogen and oxygen atoms in total. The Morgan fingerprint density at radius 1 is 0.440 bits per heavy atom. The molecule has 1 atom stereocenters. The van der Waals surface area contributed by atoms with Gasteiger partial charge in [0.2, 0.25) is 0 Å². The molecule has 0 aromatic heterocycles. The molecule has 0 amide bonds. The standard InChI is InChI=1S/C45H86O5/c1-3-5-7-9-10-11-12-13-14-15-16-17-18-19-20-21-22-23-24-25-26-27-28-29-30-31-32-33-34-36-38-40-45(48)50-43(41-46)42-49-44(47)39-37-35-8-6-4-2/h15-16,43,46H,3-14,17-42H2,1-2H3/b16-15-. The molecular weight excluding hydrogens is 620 g/mol. The summed E-state index contributed by atoms with van der Waals surface area (Å²) < 4.78 is 10.5. The molecular formula is C45H86O5. The van der Waals surface area contributed by atoms with Gasteiger partial charge in [0.25, 0.3) is 0 Å². The van der Waals surface area contributed by atoms with Crippen molar-refractivity contribution in [3.63, 3.8) is 0 Å². The Labute approximate surface area is 311 Å². The number of carbonyl (C=O) groups excluding carboxylic acids is 2. The van der Waals surface area contributed by atoms with Gasteiger partial charge in [-0.2, -0.15) is 0 Å². The van der Waals surface area contributed by atoms with E-state index in [0.29, 0.717) is 12.8 Å². The van der Waals surface area contributed by atoms with Crippen molar-refractivity contribution in [2.24, 2.45) is 0 Å². The lowest BCUT2D eigenvalue weighted by molar-refractivity contribution is -0.161. The van der Waals surface area contributed by atoms with Crippen LogP contribution in [-0.4, -0.2) is 36.4 Å². The number of unbranched alkanes of at least 4 members (excludes halogenated alkanes) is 31. The van der Waals surface area contributed by atoms with Gasteiger partial charge in [-0.3, -0.25) is 9.59 Å². The predicted molar refractivity (Wildman–Crippen MR) is 215 cm³/mol. The van der Waals surface area contributed by atoms with E-state index < -0.39 is 6.10 Å². The number of hydrogen-bond acceptors (Lipinski definition) is 5. The number of aliphatic hydroxyl groups excluding tert-OH is 1. The zero-order valence-electron chi connectivity index (χ0n) is 33.7. The van der Waals surface area contributed by atoms with Crippen LogP contribution in [0.25, 0.3) is 0 Å². The second-order valence-electron chi connectivity index (χ2n) is 15.1. The van der Waals surface area contributed by atoms with Gasteiger partial charge in [-0.05, 0) is 38.5 Å². The van der Waals surface area contributed by atoms with Gasteiger partial charge in [0.05, 0.1) is 6.61 Å². The molecule has 0 saturated carbocycles. The molecule has 0 aromatic rings. The average Bonchev–Trinajstić information content (AvgIpc) is 3.12. The Balaban J connectivity index is 3.33. The summed E-state index contributed by atoms with van der Waals surface area (Å²) in [5, 5.41) is 9.48. The summed E-state index contributed by atoms with van der Waals surface area (Å²) in [6.07, 6.45) is 49.2. The Bertz CT molecular complexity index is 720. The van der Waals surface area contributed by atoms with Crippen LogP contribution in [0.15, 0.2) is 12.2 Å². The molecule has 0 bridgehead atoms. The van der Waals surface area contributed by atoms with Crippen molar-refractivity contribution in [3.05, 3.63) is 12.2 Å². The molecule has 0 fully saturated rings. The first-order valence-corrected chi connectivity index (χ1v) is 22.2. The quantitative estimate of drug-likeness (QED) is 0.0389. The third-order valence-corrected chi connectivity index (χ3v) is 10.1. The summed E-state index contributed by atoms with van der Waals surface area (Å²) in [4.78, 5) is 24.0. The number of ether oxygens (including phenoxy) is 2. The van der Waals surface area contributed by atoms with Gasteiger partial charge in [0.1, 0.15) is 6.61 Å². The number of allylic oxidation sites excluding steroid dienone is 2. The smallest absolute Gasteiger partial charge is 0.306 e. The van der Waals surface area contributed by atoms with E-state index >= 15 is 0 Å². The van der Waals surface area contributed by atoms with E-state index in [0.717, 1.165) is 38.5 Å². The molecule has 0 aromatic carbocycles. The van der Waals surface area contributed by atoms with E-state index in [1.807, 2.05) is 0 Å². The van der Waals surface area contributed by atoms with Crippen molar-refractivity contribution in [2.75, 3.05) is 13.2 Å². The predicted octanol–water partition coefficient (Wildman–Crippen LogP) is 14.1. The van der Waals surface area contributed by atoms with Crippen molar-refractivity contribution in [3.8, 4) is 0 Å². The van der Waals surface area contributed by atoms with Crippen LogP contribution >= 0.6 is 0 Å². The minimum atomic E-state index is -0.761. The SMILES string of the molecule is CCCCCCCCCC/C=C\CCCCCCCCCCCCCCCCCCCCCC(=O)OC(CO)COC(=O)CCCCCCC. The first kappa shape index (κ1) is 48.6. The number of aliphatic hydroxyl groups is 1. The molecule has 0 aliphatic carbocycles. The zero-order valence-corrected chi connectivity index (χ0v) is 33.7. The van der Waals surface area contributed by atoms with Crippen molar-refractivity contribution < 1.29 is 24.2 Å². The van der Waals surface area contributed by atoms with E-state index in [4.69, 9.17) is 9.47 Å². The maximum Gasteiger partial charge on any atom is 0.306 e. The van der Waals surface area contributed by atoms with E-state index in [1.54, 1.807) is 0 Å². The van der Waals surface area contributed by atoms with Gasteiger partial charge in [0, 0.05) is 12.8 Å². The zero-order chi connectivity index (χ0) is 36.4. The van der Waals surface area contributed by atoms with Crippen molar-refractivity contribution in [1.82, 2.24) is 0 Å². The van der Waals surface area contributed by atoms with Gasteiger partial charge in [0.15, 0.2) is 6.10 Å². The molecule has 1 unspecified atom stereocenters. The number of hydrogen-bond donors (Lipinski definition) is 1. The highest BCUT2D eigenvalue weighted by Crippen LogP contribution is 2.16. The molecule has 0 spiro atoms.